The van der Waals surface area contributed by atoms with Crippen LogP contribution in [0.4, 0.5) is 4.39 Å². The Bertz CT molecular complexity index is 159. The fourth-order valence-corrected chi connectivity index (χ4v) is 3.06. The zero-order chi connectivity index (χ0) is 12.6. The fraction of sp³-hybridized carbons (Fsp3) is 1.00. The van der Waals surface area contributed by atoms with E-state index in [1.54, 1.807) is 0 Å². The van der Waals surface area contributed by atoms with Gasteiger partial charge in [-0.05, 0) is 31.1 Å². The van der Waals surface area contributed by atoms with Crippen LogP contribution >= 0.6 is 0 Å². The van der Waals surface area contributed by atoms with E-state index in [-0.39, 0.29) is 12.1 Å². The van der Waals surface area contributed by atoms with Crippen LogP contribution in [0.25, 0.3) is 0 Å². The maximum absolute atomic E-state index is 13.5. The van der Waals surface area contributed by atoms with Gasteiger partial charge in [0.25, 0.3) is 0 Å². The van der Waals surface area contributed by atoms with E-state index in [4.69, 9.17) is 0 Å². The molecule has 0 heterocycles. The summed E-state index contributed by atoms with van der Waals surface area (Å²) in [5.41, 5.74) is -0.0436. The van der Waals surface area contributed by atoms with Gasteiger partial charge in [0.1, 0.15) is 0 Å². The van der Waals surface area contributed by atoms with Crippen molar-refractivity contribution in [3.8, 4) is 0 Å². The summed E-state index contributed by atoms with van der Waals surface area (Å²) in [6, 6.07) is 0. The minimum Gasteiger partial charge on any atom is -0.250 e. The summed E-state index contributed by atoms with van der Waals surface area (Å²) in [6.07, 6.45) is 6.84. The van der Waals surface area contributed by atoms with Crippen LogP contribution in [0.3, 0.4) is 0 Å². The highest BCUT2D eigenvalue weighted by molar-refractivity contribution is 4.85. The lowest BCUT2D eigenvalue weighted by Crippen LogP contribution is -2.33. The van der Waals surface area contributed by atoms with Crippen LogP contribution in [-0.2, 0) is 0 Å². The van der Waals surface area contributed by atoms with Gasteiger partial charge in [0, 0.05) is 5.41 Å². The van der Waals surface area contributed by atoms with Crippen LogP contribution in [0.2, 0.25) is 0 Å². The van der Waals surface area contributed by atoms with E-state index in [1.807, 2.05) is 0 Å². The average molecular weight is 230 g/mol. The number of hydrogen-bond donors (Lipinski definition) is 0. The van der Waals surface area contributed by atoms with Gasteiger partial charge >= 0.3 is 0 Å². The van der Waals surface area contributed by atoms with E-state index in [9.17, 15) is 4.39 Å². The Morgan fingerprint density at radius 1 is 1.12 bits per heavy atom. The predicted octanol–water partition coefficient (Wildman–Crippen LogP) is 5.61. The molecule has 0 aromatic heterocycles. The summed E-state index contributed by atoms with van der Waals surface area (Å²) in [5, 5.41) is 0. The number of halogens is 1. The van der Waals surface area contributed by atoms with Gasteiger partial charge in [0.05, 0.1) is 6.67 Å². The molecule has 0 aliphatic carbocycles. The standard InChI is InChI=1S/C15H31F/c1-6-9-10-14(7-2)15(8-3,12-16)11-13(4)5/h13-14H,6-12H2,1-5H3. The smallest absolute Gasteiger partial charge is 0.0953 e. The first-order valence-corrected chi connectivity index (χ1v) is 7.12. The lowest BCUT2D eigenvalue weighted by molar-refractivity contribution is 0.0665. The summed E-state index contributed by atoms with van der Waals surface area (Å²) in [6.45, 7) is 10.9. The summed E-state index contributed by atoms with van der Waals surface area (Å²) in [5.74, 6) is 1.18. The van der Waals surface area contributed by atoms with Gasteiger partial charge < -0.3 is 0 Å². The van der Waals surface area contributed by atoms with Gasteiger partial charge in [0.15, 0.2) is 0 Å². The molecule has 0 amide bonds. The number of alkyl halides is 1. The maximum Gasteiger partial charge on any atom is 0.0953 e. The van der Waals surface area contributed by atoms with Crippen LogP contribution in [0.15, 0.2) is 0 Å². The number of rotatable bonds is 9. The normalized spacial score (nSPS) is 17.4. The van der Waals surface area contributed by atoms with E-state index in [1.165, 1.54) is 19.3 Å². The molecule has 2 unspecified atom stereocenters. The minimum atomic E-state index is -0.135. The molecule has 0 fully saturated rings. The molecule has 0 aromatic rings. The van der Waals surface area contributed by atoms with E-state index in [2.05, 4.69) is 34.6 Å². The average Bonchev–Trinajstić information content (AvgIpc) is 2.27. The summed E-state index contributed by atoms with van der Waals surface area (Å²) >= 11 is 0. The number of unbranched alkanes of at least 4 members (excludes halogenated alkanes) is 1. The molecular formula is C15H31F. The maximum atomic E-state index is 13.5. The highest BCUT2D eigenvalue weighted by Gasteiger charge is 2.36. The molecule has 0 saturated carbocycles. The molecule has 0 aliphatic heterocycles. The molecule has 0 saturated heterocycles. The largest absolute Gasteiger partial charge is 0.250 e. The highest BCUT2D eigenvalue weighted by Crippen LogP contribution is 2.42. The second kappa shape index (κ2) is 8.08. The Morgan fingerprint density at radius 3 is 2.06 bits per heavy atom. The molecule has 0 rings (SSSR count). The monoisotopic (exact) mass is 230 g/mol. The Morgan fingerprint density at radius 2 is 1.75 bits per heavy atom. The van der Waals surface area contributed by atoms with E-state index >= 15 is 0 Å². The Kier molecular flexibility index (Phi) is 8.05. The third-order valence-corrected chi connectivity index (χ3v) is 4.05. The molecule has 0 nitrogen and oxygen atoms in total. The quantitative estimate of drug-likeness (QED) is 0.482. The van der Waals surface area contributed by atoms with Gasteiger partial charge in [-0.25, -0.2) is 0 Å². The summed E-state index contributed by atoms with van der Waals surface area (Å²) in [7, 11) is 0. The summed E-state index contributed by atoms with van der Waals surface area (Å²) in [4.78, 5) is 0. The molecule has 0 bridgehead atoms. The first-order valence-electron chi connectivity index (χ1n) is 7.12. The van der Waals surface area contributed by atoms with Crippen molar-refractivity contribution in [3.05, 3.63) is 0 Å². The van der Waals surface area contributed by atoms with Crippen molar-refractivity contribution in [2.24, 2.45) is 17.3 Å². The van der Waals surface area contributed by atoms with Crippen LogP contribution < -0.4 is 0 Å². The van der Waals surface area contributed by atoms with Crippen molar-refractivity contribution in [1.82, 2.24) is 0 Å². The van der Waals surface area contributed by atoms with Crippen molar-refractivity contribution < 1.29 is 4.39 Å². The Hall–Kier alpha value is -0.0700. The first-order chi connectivity index (χ1) is 7.56. The SMILES string of the molecule is CCCCC(CC)C(CC)(CF)CC(C)C. The number of hydrogen-bond acceptors (Lipinski definition) is 0. The second-order valence-corrected chi connectivity index (χ2v) is 5.69. The van der Waals surface area contributed by atoms with Gasteiger partial charge in [-0.2, -0.15) is 0 Å². The Balaban J connectivity index is 4.66. The Labute approximate surface area is 102 Å². The van der Waals surface area contributed by atoms with Crippen molar-refractivity contribution in [1.29, 1.82) is 0 Å². The molecule has 0 radical (unpaired) electrons. The van der Waals surface area contributed by atoms with E-state index in [0.29, 0.717) is 11.8 Å². The predicted molar refractivity (Wildman–Crippen MR) is 71.5 cm³/mol. The van der Waals surface area contributed by atoms with Gasteiger partial charge in [-0.15, -0.1) is 0 Å². The molecule has 0 N–H and O–H groups in total. The second-order valence-electron chi connectivity index (χ2n) is 5.69. The van der Waals surface area contributed by atoms with Gasteiger partial charge in [-0.1, -0.05) is 53.9 Å². The minimum absolute atomic E-state index is 0.0436. The van der Waals surface area contributed by atoms with Crippen molar-refractivity contribution in [2.45, 2.75) is 73.1 Å². The van der Waals surface area contributed by atoms with Crippen molar-refractivity contribution in [2.75, 3.05) is 6.67 Å². The lowest BCUT2D eigenvalue weighted by Gasteiger charge is -2.39. The molecular weight excluding hydrogens is 199 g/mol. The molecule has 2 atom stereocenters. The lowest BCUT2D eigenvalue weighted by atomic mass is 9.66. The van der Waals surface area contributed by atoms with Crippen LogP contribution in [0, 0.1) is 17.3 Å². The molecule has 98 valence electrons. The zero-order valence-electron chi connectivity index (χ0n) is 12.0. The van der Waals surface area contributed by atoms with Crippen LogP contribution in [-0.4, -0.2) is 6.67 Å². The molecule has 16 heavy (non-hydrogen) atoms. The van der Waals surface area contributed by atoms with Gasteiger partial charge in [-0.3, -0.25) is 4.39 Å². The van der Waals surface area contributed by atoms with Gasteiger partial charge in [0.2, 0.25) is 0 Å². The third kappa shape index (κ3) is 4.43. The van der Waals surface area contributed by atoms with Crippen molar-refractivity contribution >= 4 is 0 Å². The topological polar surface area (TPSA) is 0 Å². The van der Waals surface area contributed by atoms with Crippen LogP contribution in [0.1, 0.15) is 73.1 Å². The first kappa shape index (κ1) is 15.9. The molecule has 0 aliphatic rings. The molecule has 0 spiro atoms. The van der Waals surface area contributed by atoms with Crippen LogP contribution in [0.5, 0.6) is 0 Å². The molecule has 0 aromatic carbocycles. The molecule has 1 heteroatoms. The zero-order valence-corrected chi connectivity index (χ0v) is 12.0. The fourth-order valence-electron chi connectivity index (χ4n) is 3.06. The van der Waals surface area contributed by atoms with Crippen molar-refractivity contribution in [3.63, 3.8) is 0 Å². The van der Waals surface area contributed by atoms with E-state index < -0.39 is 0 Å². The highest BCUT2D eigenvalue weighted by atomic mass is 19.1. The summed E-state index contributed by atoms with van der Waals surface area (Å²) < 4.78 is 13.5. The third-order valence-electron chi connectivity index (χ3n) is 4.05. The van der Waals surface area contributed by atoms with E-state index in [0.717, 1.165) is 19.3 Å².